The minimum atomic E-state index is -1.03. The van der Waals surface area contributed by atoms with Gasteiger partial charge in [-0.15, -0.1) is 0 Å². The lowest BCUT2D eigenvalue weighted by Gasteiger charge is -2.26. The van der Waals surface area contributed by atoms with Gasteiger partial charge in [0.1, 0.15) is 11.6 Å². The summed E-state index contributed by atoms with van der Waals surface area (Å²) in [5.74, 6) is -1.41. The van der Waals surface area contributed by atoms with Crippen molar-refractivity contribution in [1.29, 1.82) is 0 Å². The molecule has 15 heavy (non-hydrogen) atoms. The minimum absolute atomic E-state index is 0.352. The van der Waals surface area contributed by atoms with Crippen molar-refractivity contribution in [2.45, 2.75) is 45.3 Å². The number of carboxylic acids is 1. The van der Waals surface area contributed by atoms with Crippen molar-refractivity contribution in [3.63, 3.8) is 0 Å². The maximum Gasteiger partial charge on any atom is 0.326 e. The number of ether oxygens (including phenoxy) is 1. The van der Waals surface area contributed by atoms with Crippen LogP contribution in [0.3, 0.4) is 0 Å². The first kappa shape index (κ1) is 13.9. The van der Waals surface area contributed by atoms with Crippen molar-refractivity contribution in [2.75, 3.05) is 7.11 Å². The molecule has 1 amide bonds. The average molecular weight is 217 g/mol. The molecule has 5 heteroatoms. The zero-order valence-electron chi connectivity index (χ0n) is 9.66. The molecular weight excluding hydrogens is 198 g/mol. The Morgan fingerprint density at radius 1 is 1.47 bits per heavy atom. The van der Waals surface area contributed by atoms with Crippen molar-refractivity contribution in [3.8, 4) is 0 Å². The van der Waals surface area contributed by atoms with E-state index in [4.69, 9.17) is 9.84 Å². The molecule has 0 fully saturated rings. The Morgan fingerprint density at radius 2 is 2.00 bits per heavy atom. The van der Waals surface area contributed by atoms with E-state index < -0.39 is 17.6 Å². The molecule has 2 N–H and O–H groups in total. The molecule has 88 valence electrons. The van der Waals surface area contributed by atoms with Crippen LogP contribution in [0.15, 0.2) is 0 Å². The van der Waals surface area contributed by atoms with Crippen LogP contribution in [0.1, 0.15) is 33.6 Å². The smallest absolute Gasteiger partial charge is 0.326 e. The lowest BCUT2D eigenvalue weighted by atomic mass is 10.0. The van der Waals surface area contributed by atoms with Gasteiger partial charge in [-0.2, -0.15) is 0 Å². The predicted molar refractivity (Wildman–Crippen MR) is 55.6 cm³/mol. The zero-order valence-corrected chi connectivity index (χ0v) is 9.66. The Balaban J connectivity index is 4.52. The van der Waals surface area contributed by atoms with Crippen LogP contribution in [0.25, 0.3) is 0 Å². The van der Waals surface area contributed by atoms with Gasteiger partial charge in [-0.05, 0) is 19.8 Å². The number of amides is 1. The number of rotatable bonds is 6. The van der Waals surface area contributed by atoms with Gasteiger partial charge < -0.3 is 15.2 Å². The molecule has 0 rings (SSSR count). The second kappa shape index (κ2) is 5.70. The number of carbonyl (C=O) groups is 2. The molecule has 0 saturated carbocycles. The predicted octanol–water partition coefficient (Wildman–Crippen LogP) is 0.781. The van der Waals surface area contributed by atoms with Gasteiger partial charge in [-0.25, -0.2) is 4.79 Å². The highest BCUT2D eigenvalue weighted by molar-refractivity contribution is 5.88. The normalized spacial score (nSPS) is 16.5. The van der Waals surface area contributed by atoms with Crippen molar-refractivity contribution in [1.82, 2.24) is 5.32 Å². The Labute approximate surface area is 89.8 Å². The molecule has 0 heterocycles. The fraction of sp³-hybridized carbons (Fsp3) is 0.800. The van der Waals surface area contributed by atoms with Gasteiger partial charge in [0.25, 0.3) is 5.91 Å². The van der Waals surface area contributed by atoms with Crippen LogP contribution in [0.2, 0.25) is 0 Å². The van der Waals surface area contributed by atoms with Crippen LogP contribution in [0.5, 0.6) is 0 Å². The fourth-order valence-corrected chi connectivity index (χ4v) is 1.05. The maximum atomic E-state index is 11.7. The Morgan fingerprint density at radius 3 is 2.27 bits per heavy atom. The summed E-state index contributed by atoms with van der Waals surface area (Å²) in [5.41, 5.74) is -0.955. The molecule has 0 aromatic heterocycles. The topological polar surface area (TPSA) is 75.6 Å². The van der Waals surface area contributed by atoms with Crippen molar-refractivity contribution >= 4 is 11.9 Å². The van der Waals surface area contributed by atoms with Crippen LogP contribution < -0.4 is 5.32 Å². The number of nitrogens with one attached hydrogen (secondary N) is 1. The fourth-order valence-electron chi connectivity index (χ4n) is 1.05. The van der Waals surface area contributed by atoms with Gasteiger partial charge in [0.2, 0.25) is 0 Å². The van der Waals surface area contributed by atoms with Gasteiger partial charge in [-0.3, -0.25) is 4.79 Å². The Kier molecular flexibility index (Phi) is 5.28. The van der Waals surface area contributed by atoms with E-state index >= 15 is 0 Å². The van der Waals surface area contributed by atoms with Gasteiger partial charge >= 0.3 is 5.97 Å². The van der Waals surface area contributed by atoms with E-state index in [1.165, 1.54) is 7.11 Å². The molecule has 1 unspecified atom stereocenters. The summed E-state index contributed by atoms with van der Waals surface area (Å²) in [6, 6.07) is -0.849. The highest BCUT2D eigenvalue weighted by Crippen LogP contribution is 2.14. The lowest BCUT2D eigenvalue weighted by molar-refractivity contribution is -0.148. The van der Waals surface area contributed by atoms with E-state index in [9.17, 15) is 9.59 Å². The molecule has 0 aliphatic carbocycles. The highest BCUT2D eigenvalue weighted by atomic mass is 16.5. The SMILES string of the molecule is CC[C@@H](NC(=O)C(C)(CC)OC)C(=O)O. The number of methoxy groups -OCH3 is 1. The second-order valence-electron chi connectivity index (χ2n) is 3.56. The van der Waals surface area contributed by atoms with E-state index in [-0.39, 0.29) is 5.91 Å². The zero-order chi connectivity index (χ0) is 12.1. The molecule has 0 saturated heterocycles. The van der Waals surface area contributed by atoms with Crippen LogP contribution in [-0.4, -0.2) is 35.7 Å². The van der Waals surface area contributed by atoms with Gasteiger partial charge in [0, 0.05) is 7.11 Å². The van der Waals surface area contributed by atoms with Crippen LogP contribution in [0.4, 0.5) is 0 Å². The van der Waals surface area contributed by atoms with Gasteiger partial charge in [0.05, 0.1) is 0 Å². The molecular formula is C10H19NO4. The molecule has 0 aromatic rings. The molecule has 0 aromatic carbocycles. The van der Waals surface area contributed by atoms with Crippen LogP contribution in [0, 0.1) is 0 Å². The third-order valence-corrected chi connectivity index (χ3v) is 2.62. The molecule has 2 atom stereocenters. The second-order valence-corrected chi connectivity index (χ2v) is 3.56. The van der Waals surface area contributed by atoms with Gasteiger partial charge in [-0.1, -0.05) is 13.8 Å². The van der Waals surface area contributed by atoms with E-state index in [1.807, 2.05) is 6.92 Å². The summed E-state index contributed by atoms with van der Waals surface area (Å²) in [7, 11) is 1.44. The average Bonchev–Trinajstić information content (AvgIpc) is 2.23. The van der Waals surface area contributed by atoms with Crippen molar-refractivity contribution in [2.24, 2.45) is 0 Å². The first-order chi connectivity index (χ1) is 6.91. The number of carboxylic acid groups (broad SMARTS) is 1. The first-order valence-electron chi connectivity index (χ1n) is 5.00. The summed E-state index contributed by atoms with van der Waals surface area (Å²) in [5, 5.41) is 11.2. The lowest BCUT2D eigenvalue weighted by Crippen LogP contribution is -2.51. The highest BCUT2D eigenvalue weighted by Gasteiger charge is 2.33. The van der Waals surface area contributed by atoms with E-state index in [0.29, 0.717) is 12.8 Å². The van der Waals surface area contributed by atoms with Crippen molar-refractivity contribution in [3.05, 3.63) is 0 Å². The molecule has 0 aliphatic rings. The molecule has 0 spiro atoms. The minimum Gasteiger partial charge on any atom is -0.480 e. The number of hydrogen-bond acceptors (Lipinski definition) is 3. The third kappa shape index (κ3) is 3.51. The molecule has 5 nitrogen and oxygen atoms in total. The summed E-state index contributed by atoms with van der Waals surface area (Å²) in [6.45, 7) is 5.15. The summed E-state index contributed by atoms with van der Waals surface area (Å²) in [4.78, 5) is 22.4. The summed E-state index contributed by atoms with van der Waals surface area (Å²) < 4.78 is 5.07. The van der Waals surface area contributed by atoms with E-state index in [0.717, 1.165) is 0 Å². The van der Waals surface area contributed by atoms with Gasteiger partial charge in [0.15, 0.2) is 0 Å². The van der Waals surface area contributed by atoms with E-state index in [1.54, 1.807) is 13.8 Å². The number of hydrogen-bond donors (Lipinski definition) is 2. The van der Waals surface area contributed by atoms with E-state index in [2.05, 4.69) is 5.32 Å². The van der Waals surface area contributed by atoms with Crippen LogP contribution >= 0.6 is 0 Å². The maximum absolute atomic E-state index is 11.7. The monoisotopic (exact) mass is 217 g/mol. The Hall–Kier alpha value is -1.10. The Bertz CT molecular complexity index is 236. The molecule has 0 radical (unpaired) electrons. The number of carbonyl (C=O) groups excluding carboxylic acids is 1. The molecule has 0 bridgehead atoms. The number of aliphatic carboxylic acids is 1. The summed E-state index contributed by atoms with van der Waals surface area (Å²) in [6.07, 6.45) is 0.843. The molecule has 0 aliphatic heterocycles. The summed E-state index contributed by atoms with van der Waals surface area (Å²) >= 11 is 0. The third-order valence-electron chi connectivity index (χ3n) is 2.62. The largest absolute Gasteiger partial charge is 0.480 e. The first-order valence-corrected chi connectivity index (χ1v) is 5.00. The van der Waals surface area contributed by atoms with Crippen LogP contribution in [-0.2, 0) is 14.3 Å². The standard InChI is InChI=1S/C10H19NO4/c1-5-7(8(12)13)11-9(14)10(3,6-2)15-4/h7H,5-6H2,1-4H3,(H,11,14)(H,12,13)/t7-,10?/m1/s1. The quantitative estimate of drug-likeness (QED) is 0.689. The van der Waals surface area contributed by atoms with Crippen molar-refractivity contribution < 1.29 is 19.4 Å².